The quantitative estimate of drug-likeness (QED) is 0.774. The standard InChI is InChI=1S/C18H19ClN4O/c1-22(2)11-10-20-17-15-9-8-13(19)12-16(15)23(18(24)21-17)14-6-4-3-5-7-14/h3-9,12H,10-11H2,1-2H3,(H,20,21,24). The zero-order valence-corrected chi connectivity index (χ0v) is 14.4. The highest BCUT2D eigenvalue weighted by Gasteiger charge is 2.12. The number of likely N-dealkylation sites (N-methyl/N-ethyl adjacent to an activating group) is 1. The molecule has 0 saturated heterocycles. The lowest BCUT2D eigenvalue weighted by Gasteiger charge is -2.15. The molecule has 1 heterocycles. The van der Waals surface area contributed by atoms with E-state index < -0.39 is 0 Å². The Morgan fingerprint density at radius 3 is 2.62 bits per heavy atom. The van der Waals surface area contributed by atoms with Gasteiger partial charge in [0.1, 0.15) is 5.82 Å². The van der Waals surface area contributed by atoms with Crippen LogP contribution in [0.25, 0.3) is 16.6 Å². The van der Waals surface area contributed by atoms with Crippen LogP contribution in [0.4, 0.5) is 5.82 Å². The highest BCUT2D eigenvalue weighted by Crippen LogP contribution is 2.25. The molecule has 124 valence electrons. The maximum atomic E-state index is 12.6. The molecule has 3 rings (SSSR count). The Morgan fingerprint density at radius 2 is 1.92 bits per heavy atom. The zero-order valence-electron chi connectivity index (χ0n) is 13.7. The van der Waals surface area contributed by atoms with Gasteiger partial charge in [0.15, 0.2) is 0 Å². The van der Waals surface area contributed by atoms with Crippen LogP contribution in [0.15, 0.2) is 53.3 Å². The van der Waals surface area contributed by atoms with E-state index in [2.05, 4.69) is 15.2 Å². The van der Waals surface area contributed by atoms with E-state index in [4.69, 9.17) is 11.6 Å². The lowest BCUT2D eigenvalue weighted by atomic mass is 10.2. The Balaban J connectivity index is 2.15. The van der Waals surface area contributed by atoms with Crippen molar-refractivity contribution in [1.82, 2.24) is 14.5 Å². The number of nitrogens with one attached hydrogen (secondary N) is 1. The third-order valence-electron chi connectivity index (χ3n) is 3.72. The second kappa shape index (κ2) is 7.03. The van der Waals surface area contributed by atoms with E-state index in [9.17, 15) is 4.79 Å². The fourth-order valence-electron chi connectivity index (χ4n) is 2.56. The number of hydrogen-bond acceptors (Lipinski definition) is 4. The van der Waals surface area contributed by atoms with Gasteiger partial charge in [-0.3, -0.25) is 4.57 Å². The Bertz CT molecular complexity index is 906. The van der Waals surface area contributed by atoms with Crippen LogP contribution in [0.5, 0.6) is 0 Å². The van der Waals surface area contributed by atoms with Gasteiger partial charge in [0, 0.05) is 23.5 Å². The van der Waals surface area contributed by atoms with Gasteiger partial charge in [-0.2, -0.15) is 4.98 Å². The largest absolute Gasteiger partial charge is 0.368 e. The molecule has 0 spiro atoms. The van der Waals surface area contributed by atoms with Crippen LogP contribution >= 0.6 is 11.6 Å². The number of para-hydroxylation sites is 1. The highest BCUT2D eigenvalue weighted by atomic mass is 35.5. The molecule has 0 amide bonds. The van der Waals surface area contributed by atoms with Crippen LogP contribution in [0.1, 0.15) is 0 Å². The first kappa shape index (κ1) is 16.5. The van der Waals surface area contributed by atoms with Gasteiger partial charge < -0.3 is 10.2 Å². The number of rotatable bonds is 5. The highest BCUT2D eigenvalue weighted by molar-refractivity contribution is 6.31. The van der Waals surface area contributed by atoms with Crippen molar-refractivity contribution in [2.75, 3.05) is 32.5 Å². The van der Waals surface area contributed by atoms with Crippen molar-refractivity contribution in [3.8, 4) is 5.69 Å². The summed E-state index contributed by atoms with van der Waals surface area (Å²) in [4.78, 5) is 18.9. The minimum absolute atomic E-state index is 0.330. The molecule has 0 saturated carbocycles. The number of nitrogens with zero attached hydrogens (tertiary/aromatic N) is 3. The molecule has 0 bridgehead atoms. The Kier molecular flexibility index (Phi) is 4.83. The van der Waals surface area contributed by atoms with Crippen molar-refractivity contribution in [1.29, 1.82) is 0 Å². The molecule has 2 aromatic carbocycles. The topological polar surface area (TPSA) is 50.2 Å². The van der Waals surface area contributed by atoms with Gasteiger partial charge in [-0.25, -0.2) is 4.79 Å². The van der Waals surface area contributed by atoms with Crippen molar-refractivity contribution in [2.24, 2.45) is 0 Å². The molecule has 6 heteroatoms. The predicted octanol–water partition coefficient (Wildman–Crippen LogP) is 3.01. The Labute approximate surface area is 145 Å². The molecule has 1 aromatic heterocycles. The molecule has 0 aliphatic carbocycles. The van der Waals surface area contributed by atoms with Crippen LogP contribution in [0.2, 0.25) is 5.02 Å². The van der Waals surface area contributed by atoms with E-state index in [1.807, 2.05) is 56.6 Å². The van der Waals surface area contributed by atoms with Crippen molar-refractivity contribution >= 4 is 28.3 Å². The average Bonchev–Trinajstić information content (AvgIpc) is 2.55. The van der Waals surface area contributed by atoms with E-state index in [-0.39, 0.29) is 5.69 Å². The summed E-state index contributed by atoms with van der Waals surface area (Å²) in [6, 6.07) is 14.9. The third kappa shape index (κ3) is 3.42. The van der Waals surface area contributed by atoms with Crippen LogP contribution in [-0.4, -0.2) is 41.6 Å². The van der Waals surface area contributed by atoms with Crippen LogP contribution < -0.4 is 11.0 Å². The molecule has 0 aliphatic rings. The first-order valence-electron chi connectivity index (χ1n) is 7.72. The van der Waals surface area contributed by atoms with Crippen LogP contribution in [-0.2, 0) is 0 Å². The summed E-state index contributed by atoms with van der Waals surface area (Å²) in [5, 5.41) is 4.69. The molecule has 0 fully saturated rings. The summed E-state index contributed by atoms with van der Waals surface area (Å²) in [6.45, 7) is 1.55. The summed E-state index contributed by atoms with van der Waals surface area (Å²) in [5.74, 6) is 0.584. The molecular weight excluding hydrogens is 324 g/mol. The maximum Gasteiger partial charge on any atom is 0.354 e. The van der Waals surface area contributed by atoms with Crippen molar-refractivity contribution in [3.63, 3.8) is 0 Å². The lowest BCUT2D eigenvalue weighted by molar-refractivity contribution is 0.425. The fraction of sp³-hybridized carbons (Fsp3) is 0.222. The number of aromatic nitrogens is 2. The second-order valence-corrected chi connectivity index (χ2v) is 6.24. The van der Waals surface area contributed by atoms with Gasteiger partial charge >= 0.3 is 5.69 Å². The molecule has 0 aliphatic heterocycles. The molecule has 5 nitrogen and oxygen atoms in total. The summed E-state index contributed by atoms with van der Waals surface area (Å²) < 4.78 is 1.58. The van der Waals surface area contributed by atoms with E-state index in [1.165, 1.54) is 0 Å². The molecule has 3 aromatic rings. The molecule has 0 atom stereocenters. The normalized spacial score (nSPS) is 11.2. The number of halogens is 1. The number of benzene rings is 2. The Morgan fingerprint density at radius 1 is 1.17 bits per heavy atom. The smallest absolute Gasteiger partial charge is 0.354 e. The summed E-state index contributed by atoms with van der Waals surface area (Å²) in [5.41, 5.74) is 1.17. The SMILES string of the molecule is CN(C)CCNc1nc(=O)n(-c2ccccc2)c2cc(Cl)ccc12. The molecule has 1 N–H and O–H groups in total. The maximum absolute atomic E-state index is 12.6. The van der Waals surface area contributed by atoms with Gasteiger partial charge in [-0.05, 0) is 44.4 Å². The number of hydrogen-bond donors (Lipinski definition) is 1. The predicted molar refractivity (Wildman–Crippen MR) is 99.4 cm³/mol. The van der Waals surface area contributed by atoms with Crippen LogP contribution in [0.3, 0.4) is 0 Å². The minimum atomic E-state index is -0.330. The van der Waals surface area contributed by atoms with Crippen molar-refractivity contribution < 1.29 is 0 Å². The zero-order chi connectivity index (χ0) is 17.1. The van der Waals surface area contributed by atoms with Crippen LogP contribution in [0, 0.1) is 0 Å². The molecule has 24 heavy (non-hydrogen) atoms. The van der Waals surface area contributed by atoms with E-state index >= 15 is 0 Å². The number of fused-ring (bicyclic) bond motifs is 1. The molecule has 0 unspecified atom stereocenters. The van der Waals surface area contributed by atoms with Crippen molar-refractivity contribution in [3.05, 3.63) is 64.0 Å². The molecular formula is C18H19ClN4O. The number of anilines is 1. The lowest BCUT2D eigenvalue weighted by Crippen LogP contribution is -2.26. The minimum Gasteiger partial charge on any atom is -0.368 e. The van der Waals surface area contributed by atoms with Gasteiger partial charge in [-0.15, -0.1) is 0 Å². The Hall–Kier alpha value is -2.37. The van der Waals surface area contributed by atoms with E-state index in [1.54, 1.807) is 10.6 Å². The summed E-state index contributed by atoms with van der Waals surface area (Å²) >= 11 is 6.17. The fourth-order valence-corrected chi connectivity index (χ4v) is 2.72. The van der Waals surface area contributed by atoms with Crippen molar-refractivity contribution in [2.45, 2.75) is 0 Å². The monoisotopic (exact) mass is 342 g/mol. The summed E-state index contributed by atoms with van der Waals surface area (Å²) in [7, 11) is 4.00. The van der Waals surface area contributed by atoms with Gasteiger partial charge in [0.2, 0.25) is 0 Å². The summed E-state index contributed by atoms with van der Waals surface area (Å²) in [6.07, 6.45) is 0. The average molecular weight is 343 g/mol. The second-order valence-electron chi connectivity index (χ2n) is 5.81. The van der Waals surface area contributed by atoms with Gasteiger partial charge in [-0.1, -0.05) is 29.8 Å². The first-order valence-corrected chi connectivity index (χ1v) is 8.10. The van der Waals surface area contributed by atoms with E-state index in [0.29, 0.717) is 17.4 Å². The molecule has 0 radical (unpaired) electrons. The third-order valence-corrected chi connectivity index (χ3v) is 3.96. The van der Waals surface area contributed by atoms with E-state index in [0.717, 1.165) is 23.1 Å². The van der Waals surface area contributed by atoms with Gasteiger partial charge in [0.25, 0.3) is 0 Å². The first-order chi connectivity index (χ1) is 11.6. The van der Waals surface area contributed by atoms with Gasteiger partial charge in [0.05, 0.1) is 11.2 Å².